The van der Waals surface area contributed by atoms with Gasteiger partial charge in [0.2, 0.25) is 0 Å². The van der Waals surface area contributed by atoms with Crippen LogP contribution >= 0.6 is 0 Å². The summed E-state index contributed by atoms with van der Waals surface area (Å²) in [6, 6.07) is 26.1. The second-order valence-corrected chi connectivity index (χ2v) is 6.18. The number of hydrogen-bond donors (Lipinski definition) is 0. The van der Waals surface area contributed by atoms with Gasteiger partial charge in [-0.15, -0.1) is 0 Å². The van der Waals surface area contributed by atoms with Gasteiger partial charge in [0.25, 0.3) is 0 Å². The van der Waals surface area contributed by atoms with Crippen LogP contribution in [0.4, 0.5) is 5.69 Å². The van der Waals surface area contributed by atoms with Crippen molar-refractivity contribution >= 4 is 11.5 Å². The molecule has 1 aliphatic heterocycles. The number of anilines is 1. The third kappa shape index (κ3) is 2.83. The SMILES string of the molecule is O=C(c1ccccc1)c1ccc(N2CCc3ccccc3C2)cc1. The lowest BCUT2D eigenvalue weighted by atomic mass is 9.99. The van der Waals surface area contributed by atoms with Gasteiger partial charge >= 0.3 is 0 Å². The normalized spacial score (nSPS) is 13.4. The highest BCUT2D eigenvalue weighted by Gasteiger charge is 2.16. The molecule has 0 aliphatic carbocycles. The molecule has 3 aromatic carbocycles. The molecule has 24 heavy (non-hydrogen) atoms. The molecule has 118 valence electrons. The first-order valence-corrected chi connectivity index (χ1v) is 8.33. The molecule has 1 heterocycles. The van der Waals surface area contributed by atoms with E-state index in [1.165, 1.54) is 16.8 Å². The van der Waals surface area contributed by atoms with Crippen molar-refractivity contribution in [3.05, 3.63) is 101 Å². The Morgan fingerprint density at radius 2 is 1.33 bits per heavy atom. The molecule has 0 unspecified atom stereocenters. The number of fused-ring (bicyclic) bond motifs is 1. The number of benzene rings is 3. The van der Waals surface area contributed by atoms with Crippen molar-refractivity contribution in [2.24, 2.45) is 0 Å². The molecular formula is C22H19NO. The maximum Gasteiger partial charge on any atom is 0.193 e. The van der Waals surface area contributed by atoms with Crippen LogP contribution in [0.1, 0.15) is 27.0 Å². The first-order valence-electron chi connectivity index (χ1n) is 8.33. The van der Waals surface area contributed by atoms with Gasteiger partial charge in [-0.05, 0) is 41.8 Å². The Morgan fingerprint density at radius 3 is 2.08 bits per heavy atom. The summed E-state index contributed by atoms with van der Waals surface area (Å²) >= 11 is 0. The van der Waals surface area contributed by atoms with Gasteiger partial charge in [0, 0.05) is 29.9 Å². The Morgan fingerprint density at radius 1 is 0.708 bits per heavy atom. The molecule has 0 saturated heterocycles. The van der Waals surface area contributed by atoms with Crippen LogP contribution in [0.15, 0.2) is 78.9 Å². The maximum absolute atomic E-state index is 12.5. The minimum Gasteiger partial charge on any atom is -0.367 e. The zero-order valence-corrected chi connectivity index (χ0v) is 13.5. The van der Waals surface area contributed by atoms with Crippen LogP contribution in [0.25, 0.3) is 0 Å². The minimum absolute atomic E-state index is 0.0751. The van der Waals surface area contributed by atoms with Gasteiger partial charge in [0.05, 0.1) is 0 Å². The molecule has 0 atom stereocenters. The van der Waals surface area contributed by atoms with Crippen LogP contribution < -0.4 is 4.90 Å². The Kier molecular flexibility index (Phi) is 3.87. The number of carbonyl (C=O) groups is 1. The number of carbonyl (C=O) groups excluding carboxylic acids is 1. The van der Waals surface area contributed by atoms with Gasteiger partial charge in [-0.2, -0.15) is 0 Å². The van der Waals surface area contributed by atoms with Crippen molar-refractivity contribution in [3.63, 3.8) is 0 Å². The summed E-state index contributed by atoms with van der Waals surface area (Å²) in [6.07, 6.45) is 1.07. The fraction of sp³-hybridized carbons (Fsp3) is 0.136. The van der Waals surface area contributed by atoms with Crippen molar-refractivity contribution in [1.29, 1.82) is 0 Å². The van der Waals surface area contributed by atoms with E-state index >= 15 is 0 Å². The summed E-state index contributed by atoms with van der Waals surface area (Å²) in [5, 5.41) is 0. The largest absolute Gasteiger partial charge is 0.367 e. The highest BCUT2D eigenvalue weighted by molar-refractivity contribution is 6.09. The van der Waals surface area contributed by atoms with E-state index in [4.69, 9.17) is 0 Å². The molecule has 0 spiro atoms. The van der Waals surface area contributed by atoms with Crippen molar-refractivity contribution in [3.8, 4) is 0 Å². The number of rotatable bonds is 3. The molecule has 0 bridgehead atoms. The smallest absolute Gasteiger partial charge is 0.193 e. The Balaban J connectivity index is 1.54. The lowest BCUT2D eigenvalue weighted by molar-refractivity contribution is 0.103. The van der Waals surface area contributed by atoms with E-state index < -0.39 is 0 Å². The fourth-order valence-electron chi connectivity index (χ4n) is 3.30. The summed E-state index contributed by atoms with van der Waals surface area (Å²) in [7, 11) is 0. The van der Waals surface area contributed by atoms with Crippen molar-refractivity contribution in [2.45, 2.75) is 13.0 Å². The van der Waals surface area contributed by atoms with Crippen LogP contribution in [0.5, 0.6) is 0 Å². The molecule has 0 aromatic heterocycles. The topological polar surface area (TPSA) is 20.3 Å². The minimum atomic E-state index is 0.0751. The average Bonchev–Trinajstić information content (AvgIpc) is 2.68. The second-order valence-electron chi connectivity index (χ2n) is 6.18. The van der Waals surface area contributed by atoms with Crippen LogP contribution in [-0.4, -0.2) is 12.3 Å². The molecule has 4 rings (SSSR count). The zero-order chi connectivity index (χ0) is 16.4. The van der Waals surface area contributed by atoms with E-state index in [2.05, 4.69) is 41.3 Å². The molecule has 2 nitrogen and oxygen atoms in total. The van der Waals surface area contributed by atoms with E-state index in [9.17, 15) is 4.79 Å². The van der Waals surface area contributed by atoms with Gasteiger partial charge in [0.1, 0.15) is 0 Å². The van der Waals surface area contributed by atoms with E-state index in [1.54, 1.807) is 0 Å². The van der Waals surface area contributed by atoms with Gasteiger partial charge < -0.3 is 4.90 Å². The third-order valence-electron chi connectivity index (χ3n) is 4.66. The Bertz CT molecular complexity index is 853. The third-order valence-corrected chi connectivity index (χ3v) is 4.66. The predicted molar refractivity (Wildman–Crippen MR) is 97.5 cm³/mol. The van der Waals surface area contributed by atoms with E-state index in [1.807, 2.05) is 42.5 Å². The molecule has 3 aromatic rings. The summed E-state index contributed by atoms with van der Waals surface area (Å²) in [5.41, 5.74) is 5.49. The first kappa shape index (κ1) is 14.7. The predicted octanol–water partition coefficient (Wildman–Crippen LogP) is 4.48. The van der Waals surface area contributed by atoms with Crippen molar-refractivity contribution < 1.29 is 4.79 Å². The standard InChI is InChI=1S/C22H19NO/c24-22(18-7-2-1-3-8-18)19-10-12-21(13-11-19)23-15-14-17-6-4-5-9-20(17)16-23/h1-13H,14-16H2. The highest BCUT2D eigenvalue weighted by atomic mass is 16.1. The molecule has 0 radical (unpaired) electrons. The number of hydrogen-bond acceptors (Lipinski definition) is 2. The Hall–Kier alpha value is -2.87. The zero-order valence-electron chi connectivity index (χ0n) is 13.5. The Labute approximate surface area is 142 Å². The van der Waals surface area contributed by atoms with E-state index in [-0.39, 0.29) is 5.78 Å². The summed E-state index contributed by atoms with van der Waals surface area (Å²) in [4.78, 5) is 14.9. The van der Waals surface area contributed by atoms with Crippen molar-refractivity contribution in [1.82, 2.24) is 0 Å². The quantitative estimate of drug-likeness (QED) is 0.664. The molecule has 0 fully saturated rings. The van der Waals surface area contributed by atoms with Crippen molar-refractivity contribution in [2.75, 3.05) is 11.4 Å². The second kappa shape index (κ2) is 6.32. The first-order chi connectivity index (χ1) is 11.8. The molecule has 2 heteroatoms. The molecule has 0 N–H and O–H groups in total. The average molecular weight is 313 g/mol. The van der Waals surface area contributed by atoms with Gasteiger partial charge in [0.15, 0.2) is 5.78 Å². The lowest BCUT2D eigenvalue weighted by Gasteiger charge is -2.30. The van der Waals surface area contributed by atoms with Gasteiger partial charge in [-0.3, -0.25) is 4.79 Å². The fourth-order valence-corrected chi connectivity index (χ4v) is 3.30. The number of nitrogens with zero attached hydrogens (tertiary/aromatic N) is 1. The lowest BCUT2D eigenvalue weighted by Crippen LogP contribution is -2.30. The monoisotopic (exact) mass is 313 g/mol. The summed E-state index contributed by atoms with van der Waals surface area (Å²) in [5.74, 6) is 0.0751. The maximum atomic E-state index is 12.5. The van der Waals surface area contributed by atoms with Gasteiger partial charge in [-0.1, -0.05) is 54.6 Å². The molecule has 0 amide bonds. The molecular weight excluding hydrogens is 294 g/mol. The summed E-state index contributed by atoms with van der Waals surface area (Å²) < 4.78 is 0. The summed E-state index contributed by atoms with van der Waals surface area (Å²) in [6.45, 7) is 1.95. The van der Waals surface area contributed by atoms with Gasteiger partial charge in [-0.25, -0.2) is 0 Å². The number of ketones is 1. The van der Waals surface area contributed by atoms with Crippen LogP contribution in [0.3, 0.4) is 0 Å². The van der Waals surface area contributed by atoms with Crippen LogP contribution in [0, 0.1) is 0 Å². The van der Waals surface area contributed by atoms with E-state index in [0.717, 1.165) is 30.6 Å². The highest BCUT2D eigenvalue weighted by Crippen LogP contribution is 2.25. The van der Waals surface area contributed by atoms with Crippen LogP contribution in [0.2, 0.25) is 0 Å². The molecule has 0 saturated carbocycles. The van der Waals surface area contributed by atoms with E-state index in [0.29, 0.717) is 0 Å². The molecule has 1 aliphatic rings. The van der Waals surface area contributed by atoms with Crippen LogP contribution in [-0.2, 0) is 13.0 Å².